The predicted molar refractivity (Wildman–Crippen MR) is 165 cm³/mol. The number of hydrogen-bond donors (Lipinski definition) is 2. The van der Waals surface area contributed by atoms with Gasteiger partial charge in [0.05, 0.1) is 12.3 Å². The van der Waals surface area contributed by atoms with Gasteiger partial charge in [-0.2, -0.15) is 0 Å². The van der Waals surface area contributed by atoms with Gasteiger partial charge in [-0.25, -0.2) is 0 Å². The third-order valence-corrected chi connectivity index (χ3v) is 9.82. The highest BCUT2D eigenvalue weighted by atomic mass is 16.2. The van der Waals surface area contributed by atoms with E-state index in [0.29, 0.717) is 0 Å². The number of nitrogens with zero attached hydrogens (tertiary/aromatic N) is 4. The average Bonchev–Trinajstić information content (AvgIpc) is 3.68. The Bertz CT molecular complexity index is 1170. The number of nitrogens with two attached hydrogens (primary N) is 1. The molecule has 3 N–H and O–H groups in total. The molecule has 42 heavy (non-hydrogen) atoms. The lowest BCUT2D eigenvalue weighted by Crippen LogP contribution is -2.57. The largest absolute Gasteiger partial charge is 0.326 e. The second-order valence-electron chi connectivity index (χ2n) is 12.7. The minimum atomic E-state index is -0.331. The molecule has 4 heterocycles. The molecule has 2 amide bonds. The van der Waals surface area contributed by atoms with Crippen molar-refractivity contribution in [3.8, 4) is 0 Å². The summed E-state index contributed by atoms with van der Waals surface area (Å²) in [7, 11) is 0. The lowest BCUT2D eigenvalue weighted by Gasteiger charge is -2.42. The number of nitrogens with one attached hydrogen (secondary N) is 1. The van der Waals surface area contributed by atoms with E-state index in [2.05, 4.69) is 56.4 Å². The smallest absolute Gasteiger partial charge is 0.245 e. The van der Waals surface area contributed by atoms with Gasteiger partial charge in [-0.1, -0.05) is 67.1 Å². The monoisotopic (exact) mass is 572 g/mol. The van der Waals surface area contributed by atoms with E-state index in [1.165, 1.54) is 6.42 Å². The van der Waals surface area contributed by atoms with Crippen molar-refractivity contribution in [2.75, 3.05) is 39.3 Å². The maximum atomic E-state index is 14.3. The molecule has 5 atom stereocenters. The van der Waals surface area contributed by atoms with Crippen LogP contribution in [0.5, 0.6) is 0 Å². The van der Waals surface area contributed by atoms with Crippen LogP contribution in [0.1, 0.15) is 81.0 Å². The van der Waals surface area contributed by atoms with Crippen molar-refractivity contribution < 1.29 is 9.59 Å². The average molecular weight is 573 g/mol. The number of likely N-dealkylation sites (tertiary alicyclic amines) is 4. The van der Waals surface area contributed by atoms with E-state index in [1.54, 1.807) is 0 Å². The van der Waals surface area contributed by atoms with Gasteiger partial charge in [0.25, 0.3) is 0 Å². The second kappa shape index (κ2) is 13.7. The summed E-state index contributed by atoms with van der Waals surface area (Å²) in [5.41, 5.74) is 8.49. The molecule has 2 aromatic rings. The molecule has 2 aromatic carbocycles. The lowest BCUT2D eigenvalue weighted by atomic mass is 9.97. The zero-order valence-corrected chi connectivity index (χ0v) is 24.9. The summed E-state index contributed by atoms with van der Waals surface area (Å²) in [5, 5.41) is 3.91. The SMILES string of the molecule is N[C@H]1CCCN1C(=O)[C@H](c1ccccc1)N1CCCC(N[C@@H]2CCCN2C(=O)[C@H](c2ccccc2)N2CCCCC2)C1. The molecule has 0 aromatic heterocycles. The van der Waals surface area contributed by atoms with Crippen LogP contribution in [-0.4, -0.2) is 89.1 Å². The van der Waals surface area contributed by atoms with E-state index >= 15 is 0 Å². The summed E-state index contributed by atoms with van der Waals surface area (Å²) in [6, 6.07) is 20.2. The molecule has 4 aliphatic rings. The van der Waals surface area contributed by atoms with Gasteiger partial charge >= 0.3 is 0 Å². The standard InChI is InChI=1S/C34H48N6O2/c35-29-18-11-23-39(29)33(41)32(27-15-6-2-7-16-27)38-22-10-17-28(25-38)36-30-19-12-24-40(30)34(42)31(26-13-4-1-5-14-26)37-20-8-3-9-21-37/h1-2,4-7,13-16,28-32,36H,3,8-12,17-25,35H2/t28?,29-,30+,31+,32+/m1/s1. The van der Waals surface area contributed by atoms with Crippen molar-refractivity contribution in [2.45, 2.75) is 88.2 Å². The van der Waals surface area contributed by atoms with Gasteiger partial charge in [0.2, 0.25) is 11.8 Å². The van der Waals surface area contributed by atoms with Crippen LogP contribution in [0.15, 0.2) is 60.7 Å². The van der Waals surface area contributed by atoms with E-state index in [0.717, 1.165) is 102 Å². The molecule has 8 nitrogen and oxygen atoms in total. The van der Waals surface area contributed by atoms with Crippen LogP contribution < -0.4 is 11.1 Å². The predicted octanol–water partition coefficient (Wildman–Crippen LogP) is 3.86. The van der Waals surface area contributed by atoms with Gasteiger partial charge in [0, 0.05) is 25.7 Å². The third-order valence-electron chi connectivity index (χ3n) is 9.82. The Balaban J connectivity index is 1.17. The van der Waals surface area contributed by atoms with Crippen LogP contribution in [0.25, 0.3) is 0 Å². The third kappa shape index (κ3) is 6.42. The minimum absolute atomic E-state index is 0.0244. The number of carbonyl (C=O) groups is 2. The molecule has 0 radical (unpaired) electrons. The van der Waals surface area contributed by atoms with E-state index in [9.17, 15) is 9.59 Å². The maximum Gasteiger partial charge on any atom is 0.245 e. The Kier molecular flexibility index (Phi) is 9.54. The van der Waals surface area contributed by atoms with Crippen LogP contribution >= 0.6 is 0 Å². The molecule has 8 heteroatoms. The Labute approximate surface area is 251 Å². The summed E-state index contributed by atoms with van der Waals surface area (Å²) in [6.45, 7) is 5.14. The molecule has 1 unspecified atom stereocenters. The fourth-order valence-electron chi connectivity index (χ4n) is 7.70. The van der Waals surface area contributed by atoms with Crippen LogP contribution in [0.3, 0.4) is 0 Å². The van der Waals surface area contributed by atoms with Crippen molar-refractivity contribution in [2.24, 2.45) is 5.73 Å². The fourth-order valence-corrected chi connectivity index (χ4v) is 7.70. The van der Waals surface area contributed by atoms with Gasteiger partial charge < -0.3 is 15.5 Å². The molecule has 6 rings (SSSR count). The maximum absolute atomic E-state index is 14.3. The summed E-state index contributed by atoms with van der Waals surface area (Å²) < 4.78 is 0. The Morgan fingerprint density at radius 1 is 0.643 bits per heavy atom. The first-order valence-electron chi connectivity index (χ1n) is 16.3. The van der Waals surface area contributed by atoms with Crippen molar-refractivity contribution in [1.82, 2.24) is 24.9 Å². The van der Waals surface area contributed by atoms with Crippen molar-refractivity contribution >= 4 is 11.8 Å². The topological polar surface area (TPSA) is 85.1 Å². The highest BCUT2D eigenvalue weighted by Gasteiger charge is 2.40. The first-order chi connectivity index (χ1) is 20.6. The van der Waals surface area contributed by atoms with Crippen molar-refractivity contribution in [3.05, 3.63) is 71.8 Å². The number of amides is 2. The highest BCUT2D eigenvalue weighted by Crippen LogP contribution is 2.32. The van der Waals surface area contributed by atoms with Gasteiger partial charge in [0.15, 0.2) is 0 Å². The molecule has 0 bridgehead atoms. The molecule has 0 spiro atoms. The minimum Gasteiger partial charge on any atom is -0.326 e. The molecule has 4 aliphatic heterocycles. The summed E-state index contributed by atoms with van der Waals surface area (Å²) in [6.07, 6.45) is 9.25. The zero-order chi connectivity index (χ0) is 28.9. The van der Waals surface area contributed by atoms with Gasteiger partial charge in [0.1, 0.15) is 12.1 Å². The number of rotatable bonds is 8. The van der Waals surface area contributed by atoms with E-state index in [1.807, 2.05) is 29.2 Å². The van der Waals surface area contributed by atoms with Crippen LogP contribution in [0.4, 0.5) is 0 Å². The highest BCUT2D eigenvalue weighted by molar-refractivity contribution is 5.84. The summed E-state index contributed by atoms with van der Waals surface area (Å²) >= 11 is 0. The normalized spacial score (nSPS) is 27.2. The summed E-state index contributed by atoms with van der Waals surface area (Å²) in [4.78, 5) is 37.0. The molecular formula is C34H48N6O2. The van der Waals surface area contributed by atoms with E-state index in [-0.39, 0.29) is 42.3 Å². The van der Waals surface area contributed by atoms with E-state index in [4.69, 9.17) is 5.73 Å². The van der Waals surface area contributed by atoms with Gasteiger partial charge in [-0.05, 0) is 82.1 Å². The lowest BCUT2D eigenvalue weighted by molar-refractivity contribution is -0.139. The Morgan fingerprint density at radius 2 is 1.19 bits per heavy atom. The molecule has 4 fully saturated rings. The molecule has 4 saturated heterocycles. The quantitative estimate of drug-likeness (QED) is 0.500. The zero-order valence-electron chi connectivity index (χ0n) is 24.9. The van der Waals surface area contributed by atoms with Crippen molar-refractivity contribution in [1.29, 1.82) is 0 Å². The van der Waals surface area contributed by atoms with E-state index < -0.39 is 0 Å². The molecule has 0 saturated carbocycles. The first-order valence-corrected chi connectivity index (χ1v) is 16.3. The number of benzene rings is 2. The van der Waals surface area contributed by atoms with Gasteiger partial charge in [-0.15, -0.1) is 0 Å². The Morgan fingerprint density at radius 3 is 1.83 bits per heavy atom. The number of piperidine rings is 2. The van der Waals surface area contributed by atoms with Crippen LogP contribution in [-0.2, 0) is 9.59 Å². The Hall–Kier alpha value is -2.78. The number of hydrogen-bond acceptors (Lipinski definition) is 6. The van der Waals surface area contributed by atoms with Crippen LogP contribution in [0.2, 0.25) is 0 Å². The second-order valence-corrected chi connectivity index (χ2v) is 12.7. The summed E-state index contributed by atoms with van der Waals surface area (Å²) in [5.74, 6) is 0.350. The molecular weight excluding hydrogens is 524 g/mol. The van der Waals surface area contributed by atoms with Crippen molar-refractivity contribution in [3.63, 3.8) is 0 Å². The molecule has 0 aliphatic carbocycles. The number of carbonyl (C=O) groups excluding carboxylic acids is 2. The first kappa shape index (κ1) is 29.3. The van der Waals surface area contributed by atoms with Gasteiger partial charge in [-0.3, -0.25) is 24.7 Å². The van der Waals surface area contributed by atoms with Crippen LogP contribution in [0, 0.1) is 0 Å². The molecule has 226 valence electrons. The fraction of sp³-hybridized carbons (Fsp3) is 0.588.